The molecule has 0 N–H and O–H groups in total. The highest BCUT2D eigenvalue weighted by Gasteiger charge is 2.21. The number of benzene rings is 1. The minimum Gasteiger partial charge on any atom is -0.293 e. The monoisotopic (exact) mass is 192 g/mol. The normalized spacial score (nSPS) is 16.0. The maximum absolute atomic E-state index is 11.3. The van der Waals surface area contributed by atoms with E-state index in [4.69, 9.17) is 9.78 Å². The summed E-state index contributed by atoms with van der Waals surface area (Å²) in [6.07, 6.45) is 3.25. The molecule has 1 fully saturated rings. The van der Waals surface area contributed by atoms with Crippen LogP contribution in [0.2, 0.25) is 0 Å². The van der Waals surface area contributed by atoms with Crippen LogP contribution in [0, 0.1) is 0 Å². The third kappa shape index (κ3) is 2.12. The quantitative estimate of drug-likeness (QED) is 0.544. The Kier molecular flexibility index (Phi) is 2.79. The van der Waals surface area contributed by atoms with Crippen molar-refractivity contribution in [3.63, 3.8) is 0 Å². The predicted molar refractivity (Wildman–Crippen MR) is 50.6 cm³/mol. The van der Waals surface area contributed by atoms with Gasteiger partial charge in [0.1, 0.15) is 6.10 Å². The Bertz CT molecular complexity index is 304. The highest BCUT2D eigenvalue weighted by molar-refractivity contribution is 5.88. The fraction of sp³-hybridized carbons (Fsp3) is 0.364. The molecule has 3 nitrogen and oxygen atoms in total. The summed E-state index contributed by atoms with van der Waals surface area (Å²) < 4.78 is 0. The van der Waals surface area contributed by atoms with Crippen molar-refractivity contribution in [2.75, 3.05) is 0 Å². The smallest absolute Gasteiger partial charge is 0.293 e. The van der Waals surface area contributed by atoms with Gasteiger partial charge in [-0.1, -0.05) is 18.2 Å². The molecule has 0 atom stereocenters. The second kappa shape index (κ2) is 4.24. The molecule has 1 aromatic carbocycles. The van der Waals surface area contributed by atoms with Crippen molar-refractivity contribution in [1.82, 2.24) is 0 Å². The van der Waals surface area contributed by atoms with Crippen molar-refractivity contribution in [3.8, 4) is 0 Å². The summed E-state index contributed by atoms with van der Waals surface area (Å²) >= 11 is 0. The van der Waals surface area contributed by atoms with Gasteiger partial charge in [-0.15, -0.1) is 0 Å². The van der Waals surface area contributed by atoms with Gasteiger partial charge in [-0.25, -0.2) is 4.79 Å². The summed E-state index contributed by atoms with van der Waals surface area (Å²) in [6.45, 7) is 0. The van der Waals surface area contributed by atoms with Gasteiger partial charge in [-0.2, -0.15) is 4.89 Å². The molecule has 0 aliphatic heterocycles. The average molecular weight is 192 g/mol. The van der Waals surface area contributed by atoms with Crippen LogP contribution in [0.4, 0.5) is 0 Å². The molecule has 3 heteroatoms. The predicted octanol–water partition coefficient (Wildman–Crippen LogP) is 2.33. The van der Waals surface area contributed by atoms with Crippen molar-refractivity contribution < 1.29 is 14.6 Å². The van der Waals surface area contributed by atoms with Crippen LogP contribution in [0.5, 0.6) is 0 Å². The zero-order valence-corrected chi connectivity index (χ0v) is 7.81. The molecule has 74 valence electrons. The SMILES string of the molecule is O=C(OOC1CCC1)c1ccccc1. The Balaban J connectivity index is 1.83. The van der Waals surface area contributed by atoms with E-state index in [-0.39, 0.29) is 6.10 Å². The van der Waals surface area contributed by atoms with Crippen LogP contribution < -0.4 is 0 Å². The lowest BCUT2D eigenvalue weighted by Crippen LogP contribution is -2.23. The molecule has 0 unspecified atom stereocenters. The summed E-state index contributed by atoms with van der Waals surface area (Å²) in [5.41, 5.74) is 0.520. The average Bonchev–Trinajstić information content (AvgIpc) is 2.16. The largest absolute Gasteiger partial charge is 0.373 e. The number of carbonyl (C=O) groups is 1. The Morgan fingerprint density at radius 3 is 2.50 bits per heavy atom. The van der Waals surface area contributed by atoms with E-state index in [1.165, 1.54) is 0 Å². The van der Waals surface area contributed by atoms with Crippen molar-refractivity contribution in [1.29, 1.82) is 0 Å². The van der Waals surface area contributed by atoms with Gasteiger partial charge in [0.15, 0.2) is 0 Å². The second-order valence-electron chi connectivity index (χ2n) is 3.39. The van der Waals surface area contributed by atoms with Crippen LogP contribution in [0.25, 0.3) is 0 Å². The minimum atomic E-state index is -0.419. The molecule has 0 heterocycles. The molecule has 0 spiro atoms. The molecule has 0 bridgehead atoms. The van der Waals surface area contributed by atoms with Crippen LogP contribution in [0.1, 0.15) is 29.6 Å². The first kappa shape index (κ1) is 9.21. The second-order valence-corrected chi connectivity index (χ2v) is 3.39. The molecule has 0 amide bonds. The number of carbonyl (C=O) groups excluding carboxylic acids is 1. The molecule has 0 saturated heterocycles. The van der Waals surface area contributed by atoms with E-state index in [1.807, 2.05) is 6.07 Å². The van der Waals surface area contributed by atoms with Crippen molar-refractivity contribution in [2.24, 2.45) is 0 Å². The highest BCUT2D eigenvalue weighted by atomic mass is 17.2. The van der Waals surface area contributed by atoms with Gasteiger partial charge in [-0.3, -0.25) is 4.89 Å². The molecule has 1 aliphatic carbocycles. The Morgan fingerprint density at radius 2 is 1.93 bits per heavy atom. The summed E-state index contributed by atoms with van der Waals surface area (Å²) in [7, 11) is 0. The van der Waals surface area contributed by atoms with E-state index >= 15 is 0 Å². The molecule has 0 aromatic heterocycles. The lowest BCUT2D eigenvalue weighted by Gasteiger charge is -2.22. The Labute approximate surface area is 82.6 Å². The van der Waals surface area contributed by atoms with Gasteiger partial charge < -0.3 is 0 Å². The lowest BCUT2D eigenvalue weighted by molar-refractivity contribution is -0.289. The highest BCUT2D eigenvalue weighted by Crippen LogP contribution is 2.22. The Hall–Kier alpha value is -1.35. The van der Waals surface area contributed by atoms with E-state index < -0.39 is 5.97 Å². The van der Waals surface area contributed by atoms with Crippen molar-refractivity contribution in [2.45, 2.75) is 25.4 Å². The van der Waals surface area contributed by atoms with E-state index in [2.05, 4.69) is 0 Å². The van der Waals surface area contributed by atoms with Gasteiger partial charge in [0.05, 0.1) is 5.56 Å². The standard InChI is InChI=1S/C11H12O3/c12-11(9-5-2-1-3-6-9)14-13-10-7-4-8-10/h1-3,5-6,10H,4,7-8H2. The van der Waals surface area contributed by atoms with Crippen LogP contribution in [-0.2, 0) is 9.78 Å². The third-order valence-electron chi connectivity index (χ3n) is 2.32. The van der Waals surface area contributed by atoms with Gasteiger partial charge in [0.2, 0.25) is 0 Å². The van der Waals surface area contributed by atoms with Crippen LogP contribution in [-0.4, -0.2) is 12.1 Å². The molecular formula is C11H12O3. The summed E-state index contributed by atoms with van der Waals surface area (Å²) in [5, 5.41) is 0. The number of hydrogen-bond acceptors (Lipinski definition) is 3. The summed E-state index contributed by atoms with van der Waals surface area (Å²) in [6, 6.07) is 8.84. The summed E-state index contributed by atoms with van der Waals surface area (Å²) in [5.74, 6) is -0.419. The van der Waals surface area contributed by atoms with E-state index in [0.29, 0.717) is 5.56 Å². The molecule has 0 radical (unpaired) electrons. The van der Waals surface area contributed by atoms with Crippen LogP contribution >= 0.6 is 0 Å². The van der Waals surface area contributed by atoms with Crippen molar-refractivity contribution in [3.05, 3.63) is 35.9 Å². The third-order valence-corrected chi connectivity index (χ3v) is 2.32. The molecule has 1 aromatic rings. The topological polar surface area (TPSA) is 35.5 Å². The van der Waals surface area contributed by atoms with Gasteiger partial charge >= 0.3 is 5.97 Å². The minimum absolute atomic E-state index is 0.114. The maximum atomic E-state index is 11.3. The van der Waals surface area contributed by atoms with Gasteiger partial charge in [0.25, 0.3) is 0 Å². The van der Waals surface area contributed by atoms with E-state index in [9.17, 15) is 4.79 Å². The molecule has 2 rings (SSSR count). The zero-order valence-electron chi connectivity index (χ0n) is 7.81. The van der Waals surface area contributed by atoms with E-state index in [0.717, 1.165) is 19.3 Å². The van der Waals surface area contributed by atoms with Crippen molar-refractivity contribution >= 4 is 5.97 Å². The summed E-state index contributed by atoms with van der Waals surface area (Å²) in [4.78, 5) is 21.0. The van der Waals surface area contributed by atoms with Gasteiger partial charge in [-0.05, 0) is 31.4 Å². The first-order valence-electron chi connectivity index (χ1n) is 4.79. The maximum Gasteiger partial charge on any atom is 0.373 e. The molecular weight excluding hydrogens is 180 g/mol. The molecule has 14 heavy (non-hydrogen) atoms. The van der Waals surface area contributed by atoms with Crippen LogP contribution in [0.3, 0.4) is 0 Å². The number of hydrogen-bond donors (Lipinski definition) is 0. The first-order chi connectivity index (χ1) is 6.86. The molecule has 1 saturated carbocycles. The fourth-order valence-electron chi connectivity index (χ4n) is 1.20. The van der Waals surface area contributed by atoms with Crippen LogP contribution in [0.15, 0.2) is 30.3 Å². The van der Waals surface area contributed by atoms with Gasteiger partial charge in [0, 0.05) is 0 Å². The number of rotatable bonds is 3. The Morgan fingerprint density at radius 1 is 1.21 bits per heavy atom. The van der Waals surface area contributed by atoms with E-state index in [1.54, 1.807) is 24.3 Å². The fourth-order valence-corrected chi connectivity index (χ4v) is 1.20. The zero-order chi connectivity index (χ0) is 9.80. The molecule has 1 aliphatic rings. The lowest BCUT2D eigenvalue weighted by atomic mass is 9.97. The first-order valence-corrected chi connectivity index (χ1v) is 4.79.